The molecule has 278 valence electrons. The number of carbonyl (C=O) groups is 9. The monoisotopic (exact) mass is 755 g/mol. The summed E-state index contributed by atoms with van der Waals surface area (Å²) >= 11 is 9.14. The number of aliphatic hydroxyl groups excluding tert-OH is 1. The number of aliphatic carboxylic acids is 1. The summed E-state index contributed by atoms with van der Waals surface area (Å²) in [7, 11) is 0. The van der Waals surface area contributed by atoms with Gasteiger partial charge in [-0.3, -0.25) is 38.4 Å². The van der Waals surface area contributed by atoms with Crippen LogP contribution in [0.15, 0.2) is 0 Å². The number of aliphatic hydroxyl groups is 1. The van der Waals surface area contributed by atoms with Crippen molar-refractivity contribution in [2.24, 2.45) is 17.2 Å². The number of nitrogens with one attached hydrogen (secondary N) is 6. The molecule has 14 N–H and O–H groups in total. The van der Waals surface area contributed by atoms with Crippen LogP contribution in [-0.2, 0) is 43.2 Å². The number of thioether (sulfide) groups is 1. The molecule has 49 heavy (non-hydrogen) atoms. The van der Waals surface area contributed by atoms with Crippen molar-refractivity contribution in [2.45, 2.75) is 75.0 Å². The van der Waals surface area contributed by atoms with E-state index in [1.807, 2.05) is 0 Å². The third-order valence-corrected chi connectivity index (χ3v) is 7.83. The van der Waals surface area contributed by atoms with Crippen molar-refractivity contribution in [3.8, 4) is 0 Å². The Kier molecular flexibility index (Phi) is 21.7. The van der Waals surface area contributed by atoms with Gasteiger partial charge in [-0.1, -0.05) is 0 Å². The molecule has 0 saturated carbocycles. The number of primary amides is 2. The molecule has 20 nitrogen and oxygen atoms in total. The van der Waals surface area contributed by atoms with Crippen molar-refractivity contribution in [2.75, 3.05) is 30.1 Å². The predicted octanol–water partition coefficient (Wildman–Crippen LogP) is -5.93. The number of hydrogen-bond donors (Lipinski definition) is 13. The smallest absolute Gasteiger partial charge is 0.327 e. The van der Waals surface area contributed by atoms with Gasteiger partial charge in [0.25, 0.3) is 0 Å². The number of rotatable bonds is 24. The van der Waals surface area contributed by atoms with E-state index in [0.717, 1.165) is 6.92 Å². The van der Waals surface area contributed by atoms with E-state index >= 15 is 0 Å². The summed E-state index contributed by atoms with van der Waals surface area (Å²) < 4.78 is 0. The largest absolute Gasteiger partial charge is 0.480 e. The molecule has 0 radical (unpaired) electrons. The Morgan fingerprint density at radius 1 is 0.714 bits per heavy atom. The van der Waals surface area contributed by atoms with Gasteiger partial charge in [0.15, 0.2) is 0 Å². The summed E-state index contributed by atoms with van der Waals surface area (Å²) in [6, 6.07) is -8.55. The average Bonchev–Trinajstić information content (AvgIpc) is 3.03. The lowest BCUT2D eigenvalue weighted by Crippen LogP contribution is -2.60. The molecule has 0 heterocycles. The van der Waals surface area contributed by atoms with Crippen LogP contribution in [0.3, 0.4) is 0 Å². The maximum absolute atomic E-state index is 13.1. The number of carboxylic acid groups (broad SMARTS) is 1. The van der Waals surface area contributed by atoms with Crippen molar-refractivity contribution in [3.05, 3.63) is 0 Å². The van der Waals surface area contributed by atoms with E-state index in [2.05, 4.69) is 57.2 Å². The van der Waals surface area contributed by atoms with E-state index in [1.54, 1.807) is 6.26 Å². The number of amides is 8. The molecule has 0 rings (SSSR count). The van der Waals surface area contributed by atoms with E-state index < -0.39 is 109 Å². The van der Waals surface area contributed by atoms with Crippen LogP contribution in [0.5, 0.6) is 0 Å². The van der Waals surface area contributed by atoms with Crippen LogP contribution >= 0.6 is 37.0 Å². The predicted molar refractivity (Wildman–Crippen MR) is 183 cm³/mol. The van der Waals surface area contributed by atoms with Gasteiger partial charge in [0.2, 0.25) is 47.3 Å². The van der Waals surface area contributed by atoms with Crippen LogP contribution in [-0.4, -0.2) is 136 Å². The molecule has 0 spiro atoms. The maximum atomic E-state index is 13.1. The Hall–Kier alpha value is -3.80. The molecule has 0 saturated heterocycles. The summed E-state index contributed by atoms with van der Waals surface area (Å²) in [5.74, 6) is -8.89. The fraction of sp³-hybridized carbons (Fsp3) is 0.654. The van der Waals surface area contributed by atoms with Gasteiger partial charge in [0, 0.05) is 17.9 Å². The minimum Gasteiger partial charge on any atom is -0.480 e. The second kappa shape index (κ2) is 23.5. The lowest BCUT2D eigenvalue weighted by atomic mass is 10.1. The van der Waals surface area contributed by atoms with Crippen molar-refractivity contribution >= 4 is 90.2 Å². The zero-order valence-electron chi connectivity index (χ0n) is 26.8. The molecule has 0 aliphatic rings. The van der Waals surface area contributed by atoms with Gasteiger partial charge in [-0.25, -0.2) is 4.79 Å². The number of carboxylic acids is 1. The maximum Gasteiger partial charge on any atom is 0.327 e. The summed E-state index contributed by atoms with van der Waals surface area (Å²) in [6.45, 7) is 0.377. The highest BCUT2D eigenvalue weighted by Gasteiger charge is 2.33. The van der Waals surface area contributed by atoms with Gasteiger partial charge in [-0.05, 0) is 31.8 Å². The van der Waals surface area contributed by atoms with Gasteiger partial charge in [0.05, 0.1) is 25.1 Å². The molecule has 0 unspecified atom stereocenters. The van der Waals surface area contributed by atoms with E-state index in [-0.39, 0.29) is 30.8 Å². The number of hydrogen-bond acceptors (Lipinski definition) is 14. The van der Waals surface area contributed by atoms with Gasteiger partial charge in [-0.2, -0.15) is 37.0 Å². The highest BCUT2D eigenvalue weighted by Crippen LogP contribution is 2.05. The van der Waals surface area contributed by atoms with Gasteiger partial charge in [0.1, 0.15) is 30.2 Å². The van der Waals surface area contributed by atoms with Gasteiger partial charge >= 0.3 is 5.97 Å². The van der Waals surface area contributed by atoms with E-state index in [9.17, 15) is 53.4 Å². The van der Waals surface area contributed by atoms with Crippen molar-refractivity contribution in [3.63, 3.8) is 0 Å². The zero-order valence-corrected chi connectivity index (χ0v) is 29.4. The molecule has 23 heteroatoms. The lowest BCUT2D eigenvalue weighted by Gasteiger charge is -2.26. The minimum atomic E-state index is -1.74. The Balaban J connectivity index is 5.71. The zero-order chi connectivity index (χ0) is 37.8. The van der Waals surface area contributed by atoms with Crippen LogP contribution in [0.2, 0.25) is 0 Å². The van der Waals surface area contributed by atoms with Gasteiger partial charge in [-0.15, -0.1) is 0 Å². The molecule has 0 aliphatic heterocycles. The molecular formula is C26H45N9O11S3. The van der Waals surface area contributed by atoms with Crippen LogP contribution in [0.1, 0.15) is 32.6 Å². The first kappa shape index (κ1) is 45.2. The Labute approximate surface area is 297 Å². The number of thiol groups is 2. The number of nitrogens with two attached hydrogens (primary N) is 3. The van der Waals surface area contributed by atoms with E-state index in [1.165, 1.54) is 11.8 Å². The Morgan fingerprint density at radius 2 is 1.24 bits per heavy atom. The molecular weight excluding hydrogens is 711 g/mol. The minimum absolute atomic E-state index is 0.0925. The van der Waals surface area contributed by atoms with E-state index in [0.29, 0.717) is 5.75 Å². The van der Waals surface area contributed by atoms with E-state index in [4.69, 9.17) is 17.2 Å². The molecule has 0 bridgehead atoms. The second-order valence-corrected chi connectivity index (χ2v) is 12.2. The third kappa shape index (κ3) is 18.0. The van der Waals surface area contributed by atoms with Gasteiger partial charge < -0.3 is 59.3 Å². The normalized spacial score (nSPS) is 15.1. The topological polar surface area (TPSA) is 344 Å². The first-order valence-corrected chi connectivity index (χ1v) is 17.3. The summed E-state index contributed by atoms with van der Waals surface area (Å²) in [4.78, 5) is 111. The van der Waals surface area contributed by atoms with Crippen molar-refractivity contribution in [1.29, 1.82) is 0 Å². The molecule has 8 amide bonds. The molecule has 0 aromatic carbocycles. The second-order valence-electron chi connectivity index (χ2n) is 10.5. The van der Waals surface area contributed by atoms with Crippen LogP contribution in [0.4, 0.5) is 0 Å². The highest BCUT2D eigenvalue weighted by atomic mass is 32.2. The summed E-state index contributed by atoms with van der Waals surface area (Å²) in [6.07, 6.45) is -1.20. The molecule has 7 atom stereocenters. The quantitative estimate of drug-likeness (QED) is 0.0409. The SMILES string of the molecule is CSCC[C@H](NC(=O)CNC(=O)[C@@H](NC(=O)[C@H](CC(N)=O)NC(=O)[C@H](CCC(N)=O)NC(=O)[C@@H](N)CS)[C@@H](C)O)C(=O)N[C@@H](CS)C(=O)O. The summed E-state index contributed by atoms with van der Waals surface area (Å²) in [5.41, 5.74) is 16.0. The molecule has 0 aromatic rings. The lowest BCUT2D eigenvalue weighted by molar-refractivity contribution is -0.141. The molecule has 0 aromatic heterocycles. The molecule has 0 fully saturated rings. The fourth-order valence-electron chi connectivity index (χ4n) is 3.74. The first-order chi connectivity index (χ1) is 22.9. The summed E-state index contributed by atoms with van der Waals surface area (Å²) in [5, 5.41) is 32.9. The average molecular weight is 756 g/mol. The van der Waals surface area contributed by atoms with Crippen molar-refractivity contribution in [1.82, 2.24) is 31.9 Å². The molecule has 0 aliphatic carbocycles. The van der Waals surface area contributed by atoms with Crippen LogP contribution in [0.25, 0.3) is 0 Å². The fourth-order valence-corrected chi connectivity index (χ4v) is 4.63. The number of carbonyl (C=O) groups excluding carboxylic acids is 8. The highest BCUT2D eigenvalue weighted by molar-refractivity contribution is 7.98. The Morgan fingerprint density at radius 3 is 1.71 bits per heavy atom. The Bertz CT molecular complexity index is 1210. The van der Waals surface area contributed by atoms with Crippen LogP contribution < -0.4 is 49.1 Å². The first-order valence-electron chi connectivity index (χ1n) is 14.6. The van der Waals surface area contributed by atoms with Crippen LogP contribution in [0, 0.1) is 0 Å². The standard InChI is InChI=1S/C26H45N9O11S3/c1-11(36)20(25(44)30-8-19(39)31-14(5-6-49-2)23(42)34-16(10-48)26(45)46)35-24(43)15(7-18(29)38)33-22(41)13(3-4-17(28)37)32-21(40)12(27)9-47/h11-16,20,36,47-48H,3-10,27H2,1-2H3,(H2,28,37)(H2,29,38)(H,30,44)(H,31,39)(H,32,40)(H,33,41)(H,34,42)(H,35,43)(H,45,46)/t11-,12+,13+,14+,15+,16+,20+/m1/s1. The third-order valence-electron chi connectivity index (χ3n) is 6.43. The van der Waals surface area contributed by atoms with Crippen molar-refractivity contribution < 1.29 is 53.4 Å².